The van der Waals surface area contributed by atoms with E-state index in [-0.39, 0.29) is 17.6 Å². The van der Waals surface area contributed by atoms with E-state index in [0.29, 0.717) is 18.2 Å². The van der Waals surface area contributed by atoms with Gasteiger partial charge in [0.15, 0.2) is 5.16 Å². The molecule has 1 aliphatic rings. The minimum absolute atomic E-state index is 0.0601. The molecule has 0 bridgehead atoms. The molecule has 1 N–H and O–H groups in total. The molecule has 0 saturated heterocycles. The van der Waals surface area contributed by atoms with Crippen molar-refractivity contribution in [3.8, 4) is 0 Å². The highest BCUT2D eigenvalue weighted by Gasteiger charge is 2.23. The predicted octanol–water partition coefficient (Wildman–Crippen LogP) is 4.63. The second kappa shape index (κ2) is 11.5. The Balaban J connectivity index is 1.36. The van der Waals surface area contributed by atoms with Crippen molar-refractivity contribution in [1.82, 2.24) is 20.1 Å². The van der Waals surface area contributed by atoms with Crippen LogP contribution in [0.25, 0.3) is 0 Å². The van der Waals surface area contributed by atoms with Crippen LogP contribution in [-0.2, 0) is 22.5 Å². The number of benzene rings is 1. The van der Waals surface area contributed by atoms with Gasteiger partial charge in [-0.1, -0.05) is 49.2 Å². The molecule has 1 fully saturated rings. The van der Waals surface area contributed by atoms with Gasteiger partial charge in [-0.2, -0.15) is 0 Å². The zero-order valence-corrected chi connectivity index (χ0v) is 20.3. The first-order chi connectivity index (χ1) is 16.1. The maximum atomic E-state index is 12.5. The summed E-state index contributed by atoms with van der Waals surface area (Å²) in [6.07, 6.45) is 6.77. The van der Waals surface area contributed by atoms with E-state index in [2.05, 4.69) is 37.6 Å². The number of carbonyl (C=O) groups excluding carboxylic acids is 2. The number of nitrogens with zero attached hydrogens (tertiary/aromatic N) is 3. The number of thioether (sulfide) groups is 1. The summed E-state index contributed by atoms with van der Waals surface area (Å²) in [5.41, 5.74) is 1.41. The number of thiophene rings is 1. The fraction of sp³-hybridized carbons (Fsp3) is 0.417. The second-order valence-electron chi connectivity index (χ2n) is 8.07. The third kappa shape index (κ3) is 6.23. The summed E-state index contributed by atoms with van der Waals surface area (Å²) in [7, 11) is 1.36. The van der Waals surface area contributed by atoms with Crippen LogP contribution in [0.2, 0.25) is 0 Å². The van der Waals surface area contributed by atoms with Crippen molar-refractivity contribution in [1.29, 1.82) is 0 Å². The standard InChI is InChI=1S/C24H28N4O3S2/c1-31-23(30)18-11-9-17(10-12-18)15-25-22(29)16-33-24-27-26-21(14-20-8-5-13-32-20)28(24)19-6-3-2-4-7-19/h5,8-13,19H,2-4,6-7,14-16H2,1H3,(H,25,29). The Labute approximate surface area is 201 Å². The molecule has 4 rings (SSSR count). The Bertz CT molecular complexity index is 1060. The van der Waals surface area contributed by atoms with Crippen LogP contribution in [-0.4, -0.2) is 39.5 Å². The summed E-state index contributed by atoms with van der Waals surface area (Å²) in [4.78, 5) is 25.3. The van der Waals surface area contributed by atoms with Crippen molar-refractivity contribution in [3.63, 3.8) is 0 Å². The molecule has 2 heterocycles. The van der Waals surface area contributed by atoms with Gasteiger partial charge in [-0.3, -0.25) is 4.79 Å². The first-order valence-electron chi connectivity index (χ1n) is 11.2. The molecule has 1 aliphatic carbocycles. The lowest BCUT2D eigenvalue weighted by Crippen LogP contribution is -2.25. The van der Waals surface area contributed by atoms with Crippen LogP contribution in [0.5, 0.6) is 0 Å². The number of nitrogens with one attached hydrogen (secondary N) is 1. The maximum Gasteiger partial charge on any atom is 0.337 e. The number of ether oxygens (including phenoxy) is 1. The Morgan fingerprint density at radius 2 is 1.94 bits per heavy atom. The minimum Gasteiger partial charge on any atom is -0.465 e. The molecule has 1 aromatic carbocycles. The molecule has 174 valence electrons. The van der Waals surface area contributed by atoms with E-state index in [1.807, 2.05) is 12.1 Å². The summed E-state index contributed by atoms with van der Waals surface area (Å²) < 4.78 is 6.99. The SMILES string of the molecule is COC(=O)c1ccc(CNC(=O)CSc2nnc(Cc3cccs3)n2C2CCCCC2)cc1. The van der Waals surface area contributed by atoms with Gasteiger partial charge in [0, 0.05) is 23.9 Å². The molecule has 0 spiro atoms. The van der Waals surface area contributed by atoms with Crippen molar-refractivity contribution in [3.05, 3.63) is 63.6 Å². The van der Waals surface area contributed by atoms with Crippen molar-refractivity contribution >= 4 is 35.0 Å². The quantitative estimate of drug-likeness (QED) is 0.352. The number of methoxy groups -OCH3 is 1. The molecule has 2 aromatic heterocycles. The van der Waals surface area contributed by atoms with Crippen molar-refractivity contribution in [2.24, 2.45) is 0 Å². The highest BCUT2D eigenvalue weighted by atomic mass is 32.2. The summed E-state index contributed by atoms with van der Waals surface area (Å²) in [5, 5.41) is 14.8. The summed E-state index contributed by atoms with van der Waals surface area (Å²) in [6, 6.07) is 11.6. The van der Waals surface area contributed by atoms with Gasteiger partial charge >= 0.3 is 5.97 Å². The van der Waals surface area contributed by atoms with Crippen LogP contribution in [0.3, 0.4) is 0 Å². The number of esters is 1. The van der Waals surface area contributed by atoms with Crippen LogP contribution in [0.1, 0.15) is 64.8 Å². The van der Waals surface area contributed by atoms with Crippen LogP contribution in [0.15, 0.2) is 46.9 Å². The maximum absolute atomic E-state index is 12.5. The van der Waals surface area contributed by atoms with Crippen LogP contribution < -0.4 is 5.32 Å². The fourth-order valence-electron chi connectivity index (χ4n) is 4.06. The number of hydrogen-bond donors (Lipinski definition) is 1. The van der Waals surface area contributed by atoms with E-state index in [9.17, 15) is 9.59 Å². The topological polar surface area (TPSA) is 86.1 Å². The van der Waals surface area contributed by atoms with Crippen molar-refractivity contribution in [2.75, 3.05) is 12.9 Å². The van der Waals surface area contributed by atoms with Crippen LogP contribution in [0.4, 0.5) is 0 Å². The molecule has 7 nitrogen and oxygen atoms in total. The average Bonchev–Trinajstić information content (AvgIpc) is 3.52. The first-order valence-corrected chi connectivity index (χ1v) is 13.0. The lowest BCUT2D eigenvalue weighted by molar-refractivity contribution is -0.118. The number of rotatable bonds is 9. The number of hydrogen-bond acceptors (Lipinski definition) is 7. The number of carbonyl (C=O) groups is 2. The molecule has 0 unspecified atom stereocenters. The van der Waals surface area contributed by atoms with E-state index in [4.69, 9.17) is 4.74 Å². The van der Waals surface area contributed by atoms with E-state index >= 15 is 0 Å². The Hall–Kier alpha value is -2.65. The van der Waals surface area contributed by atoms with Gasteiger partial charge in [-0.05, 0) is 42.0 Å². The Morgan fingerprint density at radius 1 is 1.15 bits per heavy atom. The first kappa shape index (κ1) is 23.5. The summed E-state index contributed by atoms with van der Waals surface area (Å²) in [5.74, 6) is 0.833. The largest absolute Gasteiger partial charge is 0.465 e. The van der Waals surface area contributed by atoms with E-state index in [1.165, 1.54) is 43.0 Å². The fourth-order valence-corrected chi connectivity index (χ4v) is 5.62. The molecule has 0 aliphatic heterocycles. The Kier molecular flexibility index (Phi) is 8.17. The van der Waals surface area contributed by atoms with Gasteiger partial charge in [0.1, 0.15) is 5.82 Å². The number of aromatic nitrogens is 3. The van der Waals surface area contributed by atoms with Gasteiger partial charge in [-0.25, -0.2) is 4.79 Å². The van der Waals surface area contributed by atoms with Gasteiger partial charge in [0.2, 0.25) is 5.91 Å². The van der Waals surface area contributed by atoms with Gasteiger partial charge in [0.25, 0.3) is 0 Å². The van der Waals surface area contributed by atoms with Crippen molar-refractivity contribution < 1.29 is 14.3 Å². The average molecular weight is 485 g/mol. The molecule has 1 amide bonds. The zero-order valence-electron chi connectivity index (χ0n) is 18.7. The van der Waals surface area contributed by atoms with Crippen molar-refractivity contribution in [2.45, 2.75) is 56.3 Å². The van der Waals surface area contributed by atoms with Gasteiger partial charge < -0.3 is 14.6 Å². The predicted molar refractivity (Wildman–Crippen MR) is 130 cm³/mol. The number of amides is 1. The highest BCUT2D eigenvalue weighted by Crippen LogP contribution is 2.33. The van der Waals surface area contributed by atoms with Crippen LogP contribution >= 0.6 is 23.1 Å². The third-order valence-electron chi connectivity index (χ3n) is 5.78. The minimum atomic E-state index is -0.373. The second-order valence-corrected chi connectivity index (χ2v) is 10.0. The molecule has 1 saturated carbocycles. The molecule has 0 radical (unpaired) electrons. The smallest absolute Gasteiger partial charge is 0.337 e. The monoisotopic (exact) mass is 484 g/mol. The highest BCUT2D eigenvalue weighted by molar-refractivity contribution is 7.99. The normalized spacial score (nSPS) is 14.2. The van der Waals surface area contributed by atoms with Gasteiger partial charge in [0.05, 0.1) is 18.4 Å². The summed E-state index contributed by atoms with van der Waals surface area (Å²) in [6.45, 7) is 0.403. The lowest BCUT2D eigenvalue weighted by Gasteiger charge is -2.25. The molecule has 3 aromatic rings. The molecule has 33 heavy (non-hydrogen) atoms. The van der Waals surface area contributed by atoms with E-state index in [0.717, 1.165) is 35.8 Å². The van der Waals surface area contributed by atoms with E-state index in [1.54, 1.807) is 23.5 Å². The molecular formula is C24H28N4O3S2. The Morgan fingerprint density at radius 3 is 2.64 bits per heavy atom. The molecule has 9 heteroatoms. The summed E-state index contributed by atoms with van der Waals surface area (Å²) >= 11 is 3.18. The molecule has 0 atom stereocenters. The van der Waals surface area contributed by atoms with Gasteiger partial charge in [-0.15, -0.1) is 21.5 Å². The molecular weight excluding hydrogens is 456 g/mol. The zero-order chi connectivity index (χ0) is 23.0. The van der Waals surface area contributed by atoms with Crippen LogP contribution in [0, 0.1) is 0 Å². The lowest BCUT2D eigenvalue weighted by atomic mass is 9.95. The third-order valence-corrected chi connectivity index (χ3v) is 7.60. The van der Waals surface area contributed by atoms with E-state index < -0.39 is 0 Å².